The van der Waals surface area contributed by atoms with E-state index >= 15 is 0 Å². The van der Waals surface area contributed by atoms with E-state index in [0.717, 1.165) is 24.7 Å². The number of hydrogen-bond donors (Lipinski definition) is 2. The summed E-state index contributed by atoms with van der Waals surface area (Å²) in [5, 5.41) is 3.69. The Balaban J connectivity index is 1.68. The molecule has 30 heavy (non-hydrogen) atoms. The van der Waals surface area contributed by atoms with Gasteiger partial charge in [-0.15, -0.1) is 0 Å². The van der Waals surface area contributed by atoms with Crippen molar-refractivity contribution in [2.75, 3.05) is 27.2 Å². The van der Waals surface area contributed by atoms with Gasteiger partial charge in [0.25, 0.3) is 0 Å². The van der Waals surface area contributed by atoms with Crippen molar-refractivity contribution < 1.29 is 13.9 Å². The van der Waals surface area contributed by atoms with Crippen LogP contribution >= 0.6 is 0 Å². The first kappa shape index (κ1) is 19.7. The van der Waals surface area contributed by atoms with Crippen LogP contribution in [0.25, 0.3) is 33.2 Å². The van der Waals surface area contributed by atoms with Crippen LogP contribution in [0.2, 0.25) is 0 Å². The Morgan fingerprint density at radius 2 is 2.13 bits per heavy atom. The lowest BCUT2D eigenvalue weighted by Crippen LogP contribution is -2.30. The molecule has 0 spiro atoms. The number of rotatable bonds is 6. The van der Waals surface area contributed by atoms with Crippen molar-refractivity contribution in [3.8, 4) is 17.0 Å². The molecule has 1 amide bonds. The van der Waals surface area contributed by atoms with Gasteiger partial charge in [0.2, 0.25) is 0 Å². The number of carbonyl (C=O) groups is 1. The average Bonchev–Trinajstić information content (AvgIpc) is 3.12. The molecule has 0 fully saturated rings. The molecular formula is C21H21FN6O2. The lowest BCUT2D eigenvalue weighted by Gasteiger charge is -2.11. The first-order valence-corrected chi connectivity index (χ1v) is 9.49. The van der Waals surface area contributed by atoms with Crippen molar-refractivity contribution in [3.05, 3.63) is 48.8 Å². The lowest BCUT2D eigenvalue weighted by atomic mass is 10.1. The number of hydrogen-bond acceptors (Lipinski definition) is 6. The molecule has 0 aliphatic rings. The summed E-state index contributed by atoms with van der Waals surface area (Å²) in [6.07, 6.45) is 6.08. The lowest BCUT2D eigenvalue weighted by molar-refractivity contribution is 0.198. The van der Waals surface area contributed by atoms with Gasteiger partial charge in [0.05, 0.1) is 29.0 Å². The zero-order valence-corrected chi connectivity index (χ0v) is 16.6. The molecule has 0 bridgehead atoms. The second-order valence-electron chi connectivity index (χ2n) is 7.11. The van der Waals surface area contributed by atoms with E-state index in [0.29, 0.717) is 34.2 Å². The van der Waals surface area contributed by atoms with Gasteiger partial charge >= 0.3 is 6.09 Å². The Bertz CT molecular complexity index is 1190. The van der Waals surface area contributed by atoms with Crippen LogP contribution in [-0.2, 0) is 0 Å². The maximum atomic E-state index is 14.6. The van der Waals surface area contributed by atoms with Gasteiger partial charge in [-0.2, -0.15) is 0 Å². The van der Waals surface area contributed by atoms with E-state index in [4.69, 9.17) is 4.74 Å². The summed E-state index contributed by atoms with van der Waals surface area (Å²) in [7, 11) is 3.90. The monoisotopic (exact) mass is 408 g/mol. The van der Waals surface area contributed by atoms with E-state index in [9.17, 15) is 9.18 Å². The van der Waals surface area contributed by atoms with Crippen LogP contribution in [0.3, 0.4) is 0 Å². The van der Waals surface area contributed by atoms with E-state index in [1.54, 1.807) is 24.7 Å². The van der Waals surface area contributed by atoms with Gasteiger partial charge in [-0.1, -0.05) is 0 Å². The molecule has 8 nitrogen and oxygen atoms in total. The third kappa shape index (κ3) is 4.06. The number of aromatic nitrogens is 4. The summed E-state index contributed by atoms with van der Waals surface area (Å²) in [6.45, 7) is 1.25. The smallest absolute Gasteiger partial charge is 0.406 e. The normalized spacial score (nSPS) is 11.3. The Hall–Kier alpha value is -3.59. The molecule has 0 aliphatic carbocycles. The van der Waals surface area contributed by atoms with Crippen LogP contribution in [0.5, 0.6) is 5.75 Å². The minimum Gasteiger partial charge on any atom is -0.406 e. The van der Waals surface area contributed by atoms with Gasteiger partial charge in [-0.3, -0.25) is 9.97 Å². The Kier molecular flexibility index (Phi) is 5.53. The van der Waals surface area contributed by atoms with Gasteiger partial charge in [-0.05, 0) is 45.3 Å². The number of H-pyrrole nitrogens is 1. The van der Waals surface area contributed by atoms with Gasteiger partial charge < -0.3 is 19.9 Å². The summed E-state index contributed by atoms with van der Waals surface area (Å²) in [4.78, 5) is 30.0. The molecule has 0 unspecified atom stereocenters. The highest BCUT2D eigenvalue weighted by atomic mass is 19.1. The van der Waals surface area contributed by atoms with Crippen LogP contribution in [0.4, 0.5) is 9.18 Å². The minimum atomic E-state index is -0.716. The molecule has 9 heteroatoms. The number of aromatic amines is 1. The van der Waals surface area contributed by atoms with E-state index in [1.807, 2.05) is 31.1 Å². The number of amides is 1. The molecule has 4 aromatic rings. The maximum absolute atomic E-state index is 14.6. The third-order valence-electron chi connectivity index (χ3n) is 4.62. The minimum absolute atomic E-state index is 0.167. The third-order valence-corrected chi connectivity index (χ3v) is 4.62. The summed E-state index contributed by atoms with van der Waals surface area (Å²) < 4.78 is 19.9. The highest BCUT2D eigenvalue weighted by Gasteiger charge is 2.19. The Morgan fingerprint density at radius 3 is 2.90 bits per heavy atom. The molecule has 0 saturated heterocycles. The van der Waals surface area contributed by atoms with Crippen molar-refractivity contribution in [1.29, 1.82) is 0 Å². The fourth-order valence-corrected chi connectivity index (χ4v) is 3.19. The number of halogens is 1. The van der Waals surface area contributed by atoms with Crippen molar-refractivity contribution in [1.82, 2.24) is 30.2 Å². The van der Waals surface area contributed by atoms with Crippen molar-refractivity contribution >= 4 is 28.0 Å². The number of nitrogens with one attached hydrogen (secondary N) is 2. The van der Waals surface area contributed by atoms with Crippen LogP contribution in [0.1, 0.15) is 6.42 Å². The predicted octanol–water partition coefficient (Wildman–Crippen LogP) is 3.35. The number of carbonyl (C=O) groups excluding carboxylic acids is 1. The summed E-state index contributed by atoms with van der Waals surface area (Å²) in [6, 6.07) is 5.49. The molecule has 154 valence electrons. The fraction of sp³-hybridized carbons (Fsp3) is 0.238. The van der Waals surface area contributed by atoms with Gasteiger partial charge in [-0.25, -0.2) is 14.2 Å². The van der Waals surface area contributed by atoms with Crippen molar-refractivity contribution in [3.63, 3.8) is 0 Å². The average molecular weight is 408 g/mol. The van der Waals surface area contributed by atoms with Crippen LogP contribution < -0.4 is 10.1 Å². The van der Waals surface area contributed by atoms with Crippen LogP contribution in [0, 0.1) is 5.82 Å². The highest BCUT2D eigenvalue weighted by Crippen LogP contribution is 2.35. The molecule has 0 saturated carbocycles. The molecule has 0 atom stereocenters. The first-order chi connectivity index (χ1) is 14.5. The molecule has 4 aromatic heterocycles. The van der Waals surface area contributed by atoms with Gasteiger partial charge in [0, 0.05) is 29.9 Å². The predicted molar refractivity (Wildman–Crippen MR) is 112 cm³/mol. The Morgan fingerprint density at radius 1 is 1.27 bits per heavy atom. The number of pyridine rings is 3. The second kappa shape index (κ2) is 8.42. The molecule has 4 heterocycles. The van der Waals surface area contributed by atoms with Crippen LogP contribution in [-0.4, -0.2) is 58.1 Å². The first-order valence-electron chi connectivity index (χ1n) is 9.49. The van der Waals surface area contributed by atoms with Gasteiger partial charge in [0.15, 0.2) is 11.6 Å². The molecule has 0 aromatic carbocycles. The zero-order chi connectivity index (χ0) is 21.1. The molecule has 2 N–H and O–H groups in total. The van der Waals surface area contributed by atoms with Crippen LogP contribution in [0.15, 0.2) is 43.0 Å². The second-order valence-corrected chi connectivity index (χ2v) is 7.11. The number of fused-ring (bicyclic) bond motifs is 3. The topological polar surface area (TPSA) is 96.0 Å². The zero-order valence-electron chi connectivity index (χ0n) is 16.6. The summed E-state index contributed by atoms with van der Waals surface area (Å²) in [5.41, 5.74) is 2.55. The molecule has 0 aliphatic heterocycles. The van der Waals surface area contributed by atoms with Crippen molar-refractivity contribution in [2.24, 2.45) is 0 Å². The molecule has 4 rings (SSSR count). The number of nitrogens with zero attached hydrogens (tertiary/aromatic N) is 4. The highest BCUT2D eigenvalue weighted by molar-refractivity contribution is 6.10. The Labute approximate surface area is 172 Å². The van der Waals surface area contributed by atoms with Crippen molar-refractivity contribution in [2.45, 2.75) is 6.42 Å². The number of ether oxygens (including phenoxy) is 1. The summed E-state index contributed by atoms with van der Waals surface area (Å²) >= 11 is 0. The summed E-state index contributed by atoms with van der Waals surface area (Å²) in [5.74, 6) is -0.883. The molecular weight excluding hydrogens is 387 g/mol. The van der Waals surface area contributed by atoms with E-state index in [2.05, 4.69) is 25.3 Å². The fourth-order valence-electron chi connectivity index (χ4n) is 3.19. The maximum Gasteiger partial charge on any atom is 0.412 e. The SMILES string of the molecule is CN(C)CCCNC(=O)Oc1c(F)cnc2[nH]c3cnc(-c4cccnc4)cc3c12. The van der Waals surface area contributed by atoms with E-state index in [1.165, 1.54) is 0 Å². The van der Waals surface area contributed by atoms with E-state index < -0.39 is 11.9 Å². The standard InChI is InChI=1S/C21H21FN6O2/c1-28(2)8-4-7-24-21(29)30-19-15(22)11-26-20-18(19)14-9-16(25-12-17(14)27-20)13-5-3-6-23-10-13/h3,5-6,9-12H,4,7-8H2,1-2H3,(H,24,29)(H,26,27). The van der Waals surface area contributed by atoms with Gasteiger partial charge in [0.1, 0.15) is 5.65 Å². The molecule has 0 radical (unpaired) electrons. The largest absolute Gasteiger partial charge is 0.412 e. The quantitative estimate of drug-likeness (QED) is 0.475. The van der Waals surface area contributed by atoms with E-state index in [-0.39, 0.29) is 5.75 Å².